The van der Waals surface area contributed by atoms with Crippen LogP contribution in [0.4, 0.5) is 0 Å². The van der Waals surface area contributed by atoms with E-state index in [0.29, 0.717) is 30.1 Å². The molecule has 178 valence electrons. The summed E-state index contributed by atoms with van der Waals surface area (Å²) in [6.45, 7) is 9.60. The number of likely N-dealkylation sites (tertiary alicyclic amines) is 1. The van der Waals surface area contributed by atoms with Crippen molar-refractivity contribution in [3.05, 3.63) is 71.0 Å². The van der Waals surface area contributed by atoms with Crippen molar-refractivity contribution in [2.45, 2.75) is 46.1 Å². The molecule has 0 spiro atoms. The SMILES string of the molecule is CC(C)[C@@H](NC(=O)c1ccc2nccnc2c1)C(=O)N1CC[C@H](c2ccc(Cl)cc2)C(C)(C)C1. The second-order valence-electron chi connectivity index (χ2n) is 10.1. The molecule has 2 aromatic carbocycles. The molecule has 2 heterocycles. The Morgan fingerprint density at radius 2 is 1.74 bits per heavy atom. The first-order chi connectivity index (χ1) is 16.2. The van der Waals surface area contributed by atoms with Crippen molar-refractivity contribution in [3.63, 3.8) is 0 Å². The van der Waals surface area contributed by atoms with E-state index >= 15 is 0 Å². The van der Waals surface area contributed by atoms with Crippen LogP contribution in [-0.4, -0.2) is 45.8 Å². The largest absolute Gasteiger partial charge is 0.340 e. The minimum absolute atomic E-state index is 0.0356. The third kappa shape index (κ3) is 5.07. The minimum atomic E-state index is -0.604. The first-order valence-corrected chi connectivity index (χ1v) is 12.1. The highest BCUT2D eigenvalue weighted by Crippen LogP contribution is 2.42. The molecule has 0 saturated carbocycles. The van der Waals surface area contributed by atoms with Crippen LogP contribution in [-0.2, 0) is 4.79 Å². The number of benzene rings is 2. The van der Waals surface area contributed by atoms with Gasteiger partial charge in [0.1, 0.15) is 6.04 Å². The molecule has 0 radical (unpaired) electrons. The van der Waals surface area contributed by atoms with Crippen LogP contribution in [0.3, 0.4) is 0 Å². The van der Waals surface area contributed by atoms with Gasteiger partial charge < -0.3 is 10.2 Å². The number of halogens is 1. The molecule has 1 aliphatic heterocycles. The van der Waals surface area contributed by atoms with Crippen LogP contribution in [0.1, 0.15) is 56.0 Å². The quantitative estimate of drug-likeness (QED) is 0.554. The molecule has 1 N–H and O–H groups in total. The maximum absolute atomic E-state index is 13.6. The van der Waals surface area contributed by atoms with E-state index in [1.807, 2.05) is 30.9 Å². The number of hydrogen-bond acceptors (Lipinski definition) is 4. The third-order valence-electron chi connectivity index (χ3n) is 6.76. The molecule has 2 atom stereocenters. The fourth-order valence-electron chi connectivity index (χ4n) is 4.90. The third-order valence-corrected chi connectivity index (χ3v) is 7.02. The molecule has 34 heavy (non-hydrogen) atoms. The van der Waals surface area contributed by atoms with Gasteiger partial charge in [0.05, 0.1) is 11.0 Å². The van der Waals surface area contributed by atoms with Gasteiger partial charge in [0.15, 0.2) is 0 Å². The number of nitrogens with one attached hydrogen (secondary N) is 1. The van der Waals surface area contributed by atoms with Crippen molar-refractivity contribution in [1.82, 2.24) is 20.2 Å². The topological polar surface area (TPSA) is 75.2 Å². The normalized spacial score (nSPS) is 18.6. The number of carbonyl (C=O) groups is 2. The summed E-state index contributed by atoms with van der Waals surface area (Å²) < 4.78 is 0. The van der Waals surface area contributed by atoms with Gasteiger partial charge in [0.2, 0.25) is 5.91 Å². The summed E-state index contributed by atoms with van der Waals surface area (Å²) in [6, 6.07) is 12.6. The Morgan fingerprint density at radius 3 is 2.38 bits per heavy atom. The summed E-state index contributed by atoms with van der Waals surface area (Å²) in [5, 5.41) is 3.70. The lowest BCUT2D eigenvalue weighted by molar-refractivity contribution is -0.137. The molecule has 0 bridgehead atoms. The van der Waals surface area contributed by atoms with Crippen molar-refractivity contribution < 1.29 is 9.59 Å². The number of amides is 2. The second kappa shape index (κ2) is 9.71. The van der Waals surface area contributed by atoms with E-state index in [2.05, 4.69) is 41.3 Å². The fraction of sp³-hybridized carbons (Fsp3) is 0.407. The maximum atomic E-state index is 13.6. The van der Waals surface area contributed by atoms with E-state index < -0.39 is 6.04 Å². The smallest absolute Gasteiger partial charge is 0.252 e. The van der Waals surface area contributed by atoms with Gasteiger partial charge in [-0.3, -0.25) is 19.6 Å². The first-order valence-electron chi connectivity index (χ1n) is 11.7. The summed E-state index contributed by atoms with van der Waals surface area (Å²) >= 11 is 6.07. The van der Waals surface area contributed by atoms with Crippen LogP contribution in [0.5, 0.6) is 0 Å². The number of rotatable bonds is 5. The molecular formula is C27H31ClN4O2. The highest BCUT2D eigenvalue weighted by molar-refractivity contribution is 6.30. The van der Waals surface area contributed by atoms with Crippen molar-refractivity contribution in [2.75, 3.05) is 13.1 Å². The minimum Gasteiger partial charge on any atom is -0.340 e. The van der Waals surface area contributed by atoms with Crippen molar-refractivity contribution in [1.29, 1.82) is 0 Å². The lowest BCUT2D eigenvalue weighted by Crippen LogP contribution is -2.55. The van der Waals surface area contributed by atoms with Gasteiger partial charge >= 0.3 is 0 Å². The molecule has 4 rings (SSSR count). The molecule has 0 unspecified atom stereocenters. The zero-order valence-electron chi connectivity index (χ0n) is 20.1. The molecule has 3 aromatic rings. The Balaban J connectivity index is 1.48. The van der Waals surface area contributed by atoms with Crippen LogP contribution in [0, 0.1) is 11.3 Å². The molecule has 1 saturated heterocycles. The number of fused-ring (bicyclic) bond motifs is 1. The molecule has 0 aliphatic carbocycles. The van der Waals surface area contributed by atoms with Gasteiger partial charge in [-0.25, -0.2) is 0 Å². The fourth-order valence-corrected chi connectivity index (χ4v) is 5.02. The Labute approximate surface area is 205 Å². The van der Waals surface area contributed by atoms with Gasteiger partial charge in [0, 0.05) is 36.1 Å². The van der Waals surface area contributed by atoms with Gasteiger partial charge in [-0.1, -0.05) is 51.4 Å². The number of carbonyl (C=O) groups excluding carboxylic acids is 2. The van der Waals surface area contributed by atoms with E-state index in [9.17, 15) is 9.59 Å². The number of aromatic nitrogens is 2. The zero-order valence-corrected chi connectivity index (χ0v) is 20.8. The molecule has 1 fully saturated rings. The van der Waals surface area contributed by atoms with Crippen molar-refractivity contribution in [2.24, 2.45) is 11.3 Å². The van der Waals surface area contributed by atoms with Crippen molar-refractivity contribution in [3.8, 4) is 0 Å². The summed E-state index contributed by atoms with van der Waals surface area (Å²) in [5.41, 5.74) is 2.97. The summed E-state index contributed by atoms with van der Waals surface area (Å²) in [6.07, 6.45) is 4.08. The average molecular weight is 479 g/mol. The van der Waals surface area contributed by atoms with E-state index in [0.717, 1.165) is 17.0 Å². The summed E-state index contributed by atoms with van der Waals surface area (Å²) in [7, 11) is 0. The maximum Gasteiger partial charge on any atom is 0.252 e. The van der Waals surface area contributed by atoms with E-state index in [1.54, 1.807) is 30.6 Å². The Morgan fingerprint density at radius 1 is 1.06 bits per heavy atom. The lowest BCUT2D eigenvalue weighted by atomic mass is 9.70. The Hall–Kier alpha value is -2.99. The van der Waals surface area contributed by atoms with Gasteiger partial charge in [-0.2, -0.15) is 0 Å². The van der Waals surface area contributed by atoms with E-state index in [4.69, 9.17) is 11.6 Å². The van der Waals surface area contributed by atoms with Crippen LogP contribution in [0.15, 0.2) is 54.9 Å². The molecule has 7 heteroatoms. The first kappa shape index (κ1) is 24.1. The summed E-state index contributed by atoms with van der Waals surface area (Å²) in [5.74, 6) is -0.0325. The van der Waals surface area contributed by atoms with Gasteiger partial charge in [-0.05, 0) is 59.6 Å². The number of nitrogens with zero attached hydrogens (tertiary/aromatic N) is 3. The van der Waals surface area contributed by atoms with E-state index in [1.165, 1.54) is 5.56 Å². The molecule has 1 aliphatic rings. The Kier molecular flexibility index (Phi) is 6.89. The van der Waals surface area contributed by atoms with Gasteiger partial charge in [-0.15, -0.1) is 0 Å². The van der Waals surface area contributed by atoms with Crippen LogP contribution in [0.25, 0.3) is 11.0 Å². The molecule has 1 aromatic heterocycles. The zero-order chi connectivity index (χ0) is 24.5. The number of piperidine rings is 1. The Bertz CT molecular complexity index is 1190. The predicted molar refractivity (Wildman–Crippen MR) is 135 cm³/mol. The highest BCUT2D eigenvalue weighted by Gasteiger charge is 2.40. The monoisotopic (exact) mass is 478 g/mol. The number of hydrogen-bond donors (Lipinski definition) is 1. The van der Waals surface area contributed by atoms with Gasteiger partial charge in [0.25, 0.3) is 5.91 Å². The predicted octanol–water partition coefficient (Wildman–Crippen LogP) is 5.08. The molecule has 2 amide bonds. The lowest BCUT2D eigenvalue weighted by Gasteiger charge is -2.45. The standard InChI is InChI=1S/C27H31ClN4O2/c1-17(2)24(31-25(33)19-7-10-22-23(15-19)30-13-12-29-22)26(34)32-14-11-21(27(3,4)16-32)18-5-8-20(28)9-6-18/h5-10,12-13,15,17,21,24H,11,14,16H2,1-4H3,(H,31,33)/t21-,24-/m1/s1. The average Bonchev–Trinajstić information content (AvgIpc) is 2.81. The van der Waals surface area contributed by atoms with E-state index in [-0.39, 0.29) is 23.1 Å². The highest BCUT2D eigenvalue weighted by atomic mass is 35.5. The van der Waals surface area contributed by atoms with Crippen LogP contribution < -0.4 is 5.32 Å². The van der Waals surface area contributed by atoms with Crippen LogP contribution in [0.2, 0.25) is 5.02 Å². The van der Waals surface area contributed by atoms with Crippen molar-refractivity contribution >= 4 is 34.4 Å². The second-order valence-corrected chi connectivity index (χ2v) is 10.5. The molecule has 6 nitrogen and oxygen atoms in total. The van der Waals surface area contributed by atoms with Crippen LogP contribution >= 0.6 is 11.6 Å². The summed E-state index contributed by atoms with van der Waals surface area (Å²) in [4.78, 5) is 37.0. The molecular weight excluding hydrogens is 448 g/mol.